The van der Waals surface area contributed by atoms with E-state index in [-0.39, 0.29) is 15.9 Å². The molecule has 0 saturated carbocycles. The number of phenolic OH excluding ortho intramolecular Hbond substituents is 1. The number of hydrogen-bond acceptors (Lipinski definition) is 2. The van der Waals surface area contributed by atoms with Gasteiger partial charge in [0, 0.05) is 10.5 Å². The first-order valence-corrected chi connectivity index (χ1v) is 4.83. The van der Waals surface area contributed by atoms with E-state index in [1.54, 1.807) is 6.07 Å². The van der Waals surface area contributed by atoms with Crippen LogP contribution in [0.1, 0.15) is 0 Å². The van der Waals surface area contributed by atoms with Crippen molar-refractivity contribution < 1.29 is 5.11 Å². The SMILES string of the molecule is NC(=S)Nc1cc(O)c(Cl)cc1Br. The van der Waals surface area contributed by atoms with Crippen molar-refractivity contribution in [2.75, 3.05) is 5.32 Å². The summed E-state index contributed by atoms with van der Waals surface area (Å²) < 4.78 is 0.683. The molecule has 0 aliphatic rings. The Labute approximate surface area is 94.0 Å². The molecule has 0 bridgehead atoms. The minimum absolute atomic E-state index is 0.0244. The van der Waals surface area contributed by atoms with Gasteiger partial charge in [-0.05, 0) is 34.2 Å². The molecule has 0 aromatic heterocycles. The summed E-state index contributed by atoms with van der Waals surface area (Å²) in [5.41, 5.74) is 5.84. The quantitative estimate of drug-likeness (QED) is 0.692. The van der Waals surface area contributed by atoms with Crippen LogP contribution in [0.4, 0.5) is 5.69 Å². The highest BCUT2D eigenvalue weighted by molar-refractivity contribution is 9.10. The number of halogens is 2. The number of hydrogen-bond donors (Lipinski definition) is 3. The number of aromatic hydroxyl groups is 1. The topological polar surface area (TPSA) is 58.3 Å². The smallest absolute Gasteiger partial charge is 0.168 e. The van der Waals surface area contributed by atoms with Crippen LogP contribution >= 0.6 is 39.7 Å². The number of nitrogens with two attached hydrogens (primary N) is 1. The first kappa shape index (κ1) is 10.6. The van der Waals surface area contributed by atoms with E-state index in [1.165, 1.54) is 6.07 Å². The van der Waals surface area contributed by atoms with Gasteiger partial charge in [0.15, 0.2) is 5.11 Å². The molecule has 1 aromatic rings. The number of benzene rings is 1. The van der Waals surface area contributed by atoms with Crippen LogP contribution in [0.5, 0.6) is 5.75 Å². The number of thiocarbonyl (C=S) groups is 1. The van der Waals surface area contributed by atoms with Crippen LogP contribution in [0, 0.1) is 0 Å². The molecule has 0 spiro atoms. The molecule has 70 valence electrons. The summed E-state index contributed by atoms with van der Waals surface area (Å²) >= 11 is 13.5. The Balaban J connectivity index is 3.08. The van der Waals surface area contributed by atoms with Gasteiger partial charge in [-0.25, -0.2) is 0 Å². The number of phenols is 1. The first-order valence-electron chi connectivity index (χ1n) is 3.25. The van der Waals surface area contributed by atoms with E-state index in [0.717, 1.165) is 0 Å². The van der Waals surface area contributed by atoms with E-state index >= 15 is 0 Å². The third kappa shape index (κ3) is 2.72. The van der Waals surface area contributed by atoms with Crippen LogP contribution < -0.4 is 11.1 Å². The molecule has 0 saturated heterocycles. The van der Waals surface area contributed by atoms with Gasteiger partial charge in [-0.3, -0.25) is 0 Å². The fourth-order valence-electron chi connectivity index (χ4n) is 0.766. The van der Waals surface area contributed by atoms with Crippen LogP contribution in [0.2, 0.25) is 5.02 Å². The van der Waals surface area contributed by atoms with E-state index in [1.807, 2.05) is 0 Å². The molecule has 4 N–H and O–H groups in total. The summed E-state index contributed by atoms with van der Waals surface area (Å²) in [4.78, 5) is 0. The average Bonchev–Trinajstić information content (AvgIpc) is 1.99. The van der Waals surface area contributed by atoms with E-state index in [4.69, 9.17) is 17.3 Å². The van der Waals surface area contributed by atoms with Gasteiger partial charge in [-0.1, -0.05) is 11.6 Å². The molecule has 1 aromatic carbocycles. The lowest BCUT2D eigenvalue weighted by Gasteiger charge is -2.07. The predicted octanol–water partition coefficient (Wildman–Crippen LogP) is 2.46. The molecule has 1 rings (SSSR count). The maximum atomic E-state index is 9.26. The van der Waals surface area contributed by atoms with Crippen LogP contribution in [-0.2, 0) is 0 Å². The van der Waals surface area contributed by atoms with Gasteiger partial charge in [0.05, 0.1) is 10.7 Å². The molecule has 0 heterocycles. The average molecular weight is 282 g/mol. The van der Waals surface area contributed by atoms with E-state index in [9.17, 15) is 5.11 Å². The van der Waals surface area contributed by atoms with Crippen LogP contribution in [0.3, 0.4) is 0 Å². The zero-order valence-electron chi connectivity index (χ0n) is 6.34. The van der Waals surface area contributed by atoms with Crippen molar-refractivity contribution in [1.29, 1.82) is 0 Å². The van der Waals surface area contributed by atoms with Gasteiger partial charge in [0.1, 0.15) is 5.75 Å². The Bertz CT molecular complexity index is 359. The van der Waals surface area contributed by atoms with Crippen LogP contribution in [0.25, 0.3) is 0 Å². The van der Waals surface area contributed by atoms with Crippen molar-refractivity contribution in [1.82, 2.24) is 0 Å². The van der Waals surface area contributed by atoms with Crippen molar-refractivity contribution >= 4 is 50.5 Å². The molecule has 6 heteroatoms. The van der Waals surface area contributed by atoms with Gasteiger partial charge < -0.3 is 16.2 Å². The van der Waals surface area contributed by atoms with E-state index in [2.05, 4.69) is 33.5 Å². The van der Waals surface area contributed by atoms with E-state index in [0.29, 0.717) is 10.2 Å². The van der Waals surface area contributed by atoms with Gasteiger partial charge in [0.2, 0.25) is 0 Å². The summed E-state index contributed by atoms with van der Waals surface area (Å²) in [7, 11) is 0. The number of nitrogens with one attached hydrogen (secondary N) is 1. The highest BCUT2D eigenvalue weighted by Crippen LogP contribution is 2.33. The fraction of sp³-hybridized carbons (Fsp3) is 0. The first-order chi connectivity index (χ1) is 6.00. The maximum Gasteiger partial charge on any atom is 0.168 e. The molecule has 0 radical (unpaired) electrons. The highest BCUT2D eigenvalue weighted by Gasteiger charge is 2.05. The lowest BCUT2D eigenvalue weighted by atomic mass is 10.3. The summed E-state index contributed by atoms with van der Waals surface area (Å²) in [6.45, 7) is 0. The van der Waals surface area contributed by atoms with Crippen molar-refractivity contribution in [3.8, 4) is 5.75 Å². The van der Waals surface area contributed by atoms with Crippen molar-refractivity contribution in [3.63, 3.8) is 0 Å². The van der Waals surface area contributed by atoms with Crippen molar-refractivity contribution in [3.05, 3.63) is 21.6 Å². The van der Waals surface area contributed by atoms with E-state index < -0.39 is 0 Å². The number of rotatable bonds is 1. The molecule has 0 fully saturated rings. The molecular weight excluding hydrogens is 276 g/mol. The molecule has 0 aliphatic carbocycles. The third-order valence-corrected chi connectivity index (χ3v) is 2.36. The Kier molecular flexibility index (Phi) is 3.35. The molecule has 0 atom stereocenters. The lowest BCUT2D eigenvalue weighted by Crippen LogP contribution is -2.19. The number of anilines is 1. The Morgan fingerprint density at radius 3 is 2.77 bits per heavy atom. The second-order valence-electron chi connectivity index (χ2n) is 2.27. The summed E-state index contributed by atoms with van der Waals surface area (Å²) in [6, 6.07) is 2.99. The molecule has 0 amide bonds. The summed E-state index contributed by atoms with van der Waals surface area (Å²) in [6.07, 6.45) is 0. The summed E-state index contributed by atoms with van der Waals surface area (Å²) in [5, 5.41) is 12.3. The van der Waals surface area contributed by atoms with Gasteiger partial charge in [-0.2, -0.15) is 0 Å². The van der Waals surface area contributed by atoms with Crippen LogP contribution in [0.15, 0.2) is 16.6 Å². The largest absolute Gasteiger partial charge is 0.506 e. The van der Waals surface area contributed by atoms with Gasteiger partial charge in [0.25, 0.3) is 0 Å². The molecule has 3 nitrogen and oxygen atoms in total. The second-order valence-corrected chi connectivity index (χ2v) is 3.97. The molecular formula is C7H6BrClN2OS. The van der Waals surface area contributed by atoms with Crippen molar-refractivity contribution in [2.45, 2.75) is 0 Å². The summed E-state index contributed by atoms with van der Waals surface area (Å²) in [5.74, 6) is -0.0244. The molecule has 0 aliphatic heterocycles. The third-order valence-electron chi connectivity index (χ3n) is 1.29. The monoisotopic (exact) mass is 280 g/mol. The zero-order valence-corrected chi connectivity index (χ0v) is 9.50. The minimum Gasteiger partial charge on any atom is -0.506 e. The van der Waals surface area contributed by atoms with Gasteiger partial charge in [-0.15, -0.1) is 0 Å². The standard InChI is InChI=1S/C7H6BrClN2OS/c8-3-1-4(9)6(12)2-5(3)11-7(10)13/h1-2,12H,(H3,10,11,13). The maximum absolute atomic E-state index is 9.26. The van der Waals surface area contributed by atoms with Crippen LogP contribution in [-0.4, -0.2) is 10.2 Å². The lowest BCUT2D eigenvalue weighted by molar-refractivity contribution is 0.476. The minimum atomic E-state index is -0.0244. The predicted molar refractivity (Wildman–Crippen MR) is 61.2 cm³/mol. The Morgan fingerprint density at radius 2 is 2.23 bits per heavy atom. The molecule has 0 unspecified atom stereocenters. The Hall–Kier alpha value is -0.520. The zero-order chi connectivity index (χ0) is 10.0. The Morgan fingerprint density at radius 1 is 1.62 bits per heavy atom. The van der Waals surface area contributed by atoms with Gasteiger partial charge >= 0.3 is 0 Å². The molecule has 13 heavy (non-hydrogen) atoms. The van der Waals surface area contributed by atoms with Crippen molar-refractivity contribution in [2.24, 2.45) is 5.73 Å². The highest BCUT2D eigenvalue weighted by atomic mass is 79.9. The normalized spacial score (nSPS) is 9.69. The fourth-order valence-corrected chi connectivity index (χ4v) is 1.61. The second kappa shape index (κ2) is 4.13.